The minimum Gasteiger partial charge on any atom is -0.363 e. The molecule has 2 aromatic carbocycles. The normalized spacial score (nSPS) is 19.6. The van der Waals surface area contributed by atoms with E-state index < -0.39 is 12.1 Å². The fourth-order valence-corrected chi connectivity index (χ4v) is 4.82. The maximum atomic E-state index is 13.4. The van der Waals surface area contributed by atoms with Crippen LogP contribution in [0, 0.1) is 5.82 Å². The van der Waals surface area contributed by atoms with Gasteiger partial charge < -0.3 is 9.80 Å². The van der Waals surface area contributed by atoms with E-state index in [0.29, 0.717) is 17.9 Å². The van der Waals surface area contributed by atoms with Crippen molar-refractivity contribution < 1.29 is 22.4 Å². The number of hydrogen-bond donors (Lipinski definition) is 0. The summed E-state index contributed by atoms with van der Waals surface area (Å²) in [5.41, 5.74) is 3.61. The van der Waals surface area contributed by atoms with Gasteiger partial charge in [0.05, 0.1) is 16.8 Å². The molecule has 0 radical (unpaired) electrons. The zero-order valence-electron chi connectivity index (χ0n) is 16.2. The Hall–Kier alpha value is -2.28. The molecular weight excluding hydrogens is 420 g/mol. The van der Waals surface area contributed by atoms with Crippen LogP contribution in [-0.4, -0.2) is 36.6 Å². The lowest BCUT2D eigenvalue weighted by atomic mass is 9.98. The molecule has 4 rings (SSSR count). The fraction of sp³-hybridized carbons (Fsp3) is 0.409. The van der Waals surface area contributed by atoms with Gasteiger partial charge >= 0.3 is 12.1 Å². The molecule has 0 N–H and O–H groups in total. The summed E-state index contributed by atoms with van der Waals surface area (Å²) in [5.74, 6) is -2.10. The SMILES string of the molecule is O=C(N1CCc2ccc(Cl)c(N3CCCC3c3ccc(F)cc3)c2CC1)C(F)(F)F. The summed E-state index contributed by atoms with van der Waals surface area (Å²) < 4.78 is 52.1. The minimum atomic E-state index is -4.88. The predicted octanol–water partition coefficient (Wildman–Crippen LogP) is 5.31. The number of rotatable bonds is 2. The highest BCUT2D eigenvalue weighted by atomic mass is 35.5. The first-order chi connectivity index (χ1) is 14.3. The summed E-state index contributed by atoms with van der Waals surface area (Å²) >= 11 is 6.58. The van der Waals surface area contributed by atoms with Crippen LogP contribution in [0.25, 0.3) is 0 Å². The number of carbonyl (C=O) groups is 1. The van der Waals surface area contributed by atoms with Crippen LogP contribution in [0.4, 0.5) is 23.2 Å². The number of anilines is 1. The van der Waals surface area contributed by atoms with Crippen LogP contribution in [0.15, 0.2) is 36.4 Å². The molecule has 2 heterocycles. The van der Waals surface area contributed by atoms with Crippen molar-refractivity contribution in [1.82, 2.24) is 4.90 Å². The molecule has 0 aliphatic carbocycles. The second kappa shape index (κ2) is 8.10. The second-order valence-corrected chi connectivity index (χ2v) is 8.13. The fourth-order valence-electron chi connectivity index (χ4n) is 4.54. The molecule has 8 heteroatoms. The van der Waals surface area contributed by atoms with Gasteiger partial charge in [0.25, 0.3) is 0 Å². The number of hydrogen-bond acceptors (Lipinski definition) is 2. The largest absolute Gasteiger partial charge is 0.471 e. The molecule has 30 heavy (non-hydrogen) atoms. The molecule has 0 saturated carbocycles. The molecule has 160 valence electrons. The zero-order valence-corrected chi connectivity index (χ0v) is 16.9. The van der Waals surface area contributed by atoms with Gasteiger partial charge in [-0.2, -0.15) is 13.2 Å². The molecule has 0 bridgehead atoms. The van der Waals surface area contributed by atoms with Gasteiger partial charge in [-0.15, -0.1) is 0 Å². The van der Waals surface area contributed by atoms with Crippen molar-refractivity contribution in [1.29, 1.82) is 0 Å². The van der Waals surface area contributed by atoms with E-state index in [1.165, 1.54) is 12.1 Å². The number of alkyl halides is 3. The minimum absolute atomic E-state index is 0.00621. The van der Waals surface area contributed by atoms with E-state index >= 15 is 0 Å². The first kappa shape index (κ1) is 21.0. The second-order valence-electron chi connectivity index (χ2n) is 7.73. The zero-order chi connectivity index (χ0) is 21.5. The molecule has 1 saturated heterocycles. The van der Waals surface area contributed by atoms with Gasteiger partial charge in [0, 0.05) is 19.6 Å². The monoisotopic (exact) mass is 440 g/mol. The van der Waals surface area contributed by atoms with Crippen molar-refractivity contribution in [3.63, 3.8) is 0 Å². The molecule has 2 aliphatic rings. The van der Waals surface area contributed by atoms with E-state index in [1.807, 2.05) is 6.07 Å². The van der Waals surface area contributed by atoms with E-state index in [-0.39, 0.29) is 24.9 Å². The highest BCUT2D eigenvalue weighted by Gasteiger charge is 2.43. The third-order valence-corrected chi connectivity index (χ3v) is 6.24. The Labute approximate surface area is 177 Å². The third-order valence-electron chi connectivity index (χ3n) is 5.94. The molecule has 1 unspecified atom stereocenters. The van der Waals surface area contributed by atoms with Gasteiger partial charge in [-0.3, -0.25) is 4.79 Å². The predicted molar refractivity (Wildman–Crippen MR) is 107 cm³/mol. The average molecular weight is 441 g/mol. The highest BCUT2D eigenvalue weighted by molar-refractivity contribution is 6.33. The number of carbonyl (C=O) groups excluding carboxylic acids is 1. The molecule has 1 atom stereocenters. The van der Waals surface area contributed by atoms with E-state index in [0.717, 1.165) is 46.7 Å². The number of amides is 1. The van der Waals surface area contributed by atoms with E-state index in [1.54, 1.807) is 18.2 Å². The van der Waals surface area contributed by atoms with Gasteiger partial charge in [0.1, 0.15) is 5.82 Å². The Balaban J connectivity index is 1.66. The Morgan fingerprint density at radius 1 is 1.00 bits per heavy atom. The van der Waals surface area contributed by atoms with Crippen LogP contribution < -0.4 is 4.90 Å². The maximum absolute atomic E-state index is 13.4. The molecule has 2 aliphatic heterocycles. The molecule has 1 amide bonds. The lowest BCUT2D eigenvalue weighted by molar-refractivity contribution is -0.185. The van der Waals surface area contributed by atoms with Crippen molar-refractivity contribution in [3.05, 3.63) is 63.9 Å². The van der Waals surface area contributed by atoms with E-state index in [2.05, 4.69) is 4.90 Å². The molecule has 2 aromatic rings. The molecule has 3 nitrogen and oxygen atoms in total. The Kier molecular flexibility index (Phi) is 5.66. The van der Waals surface area contributed by atoms with Crippen LogP contribution in [0.3, 0.4) is 0 Å². The molecular formula is C22H21ClF4N2O. The van der Waals surface area contributed by atoms with Crippen molar-refractivity contribution in [2.75, 3.05) is 24.5 Å². The summed E-state index contributed by atoms with van der Waals surface area (Å²) in [5, 5.41) is 0.540. The highest BCUT2D eigenvalue weighted by Crippen LogP contribution is 2.43. The first-order valence-corrected chi connectivity index (χ1v) is 10.3. The Bertz CT molecular complexity index is 945. The summed E-state index contributed by atoms with van der Waals surface area (Å²) in [6, 6.07) is 10.0. The lowest BCUT2D eigenvalue weighted by Gasteiger charge is -2.31. The summed E-state index contributed by atoms with van der Waals surface area (Å²) in [4.78, 5) is 14.8. The molecule has 1 fully saturated rings. The average Bonchev–Trinajstić information content (AvgIpc) is 3.07. The van der Waals surface area contributed by atoms with Crippen molar-refractivity contribution in [2.24, 2.45) is 0 Å². The van der Waals surface area contributed by atoms with Crippen molar-refractivity contribution >= 4 is 23.2 Å². The smallest absolute Gasteiger partial charge is 0.363 e. The number of halogens is 5. The lowest BCUT2D eigenvalue weighted by Crippen LogP contribution is -2.42. The van der Waals surface area contributed by atoms with Gasteiger partial charge in [-0.05, 0) is 60.6 Å². The van der Waals surface area contributed by atoms with Crippen molar-refractivity contribution in [2.45, 2.75) is 37.9 Å². The molecule has 0 spiro atoms. The van der Waals surface area contributed by atoms with Gasteiger partial charge in [-0.25, -0.2) is 4.39 Å². The Morgan fingerprint density at radius 2 is 1.70 bits per heavy atom. The topological polar surface area (TPSA) is 23.6 Å². The summed E-state index contributed by atoms with van der Waals surface area (Å²) in [6.45, 7) is 0.769. The third kappa shape index (κ3) is 4.00. The van der Waals surface area contributed by atoms with Crippen LogP contribution in [-0.2, 0) is 17.6 Å². The number of benzene rings is 2. The summed E-state index contributed by atoms with van der Waals surface area (Å²) in [6.07, 6.45) is -2.42. The van der Waals surface area contributed by atoms with Gasteiger partial charge in [-0.1, -0.05) is 29.8 Å². The van der Waals surface area contributed by atoms with Crippen LogP contribution in [0.1, 0.15) is 35.6 Å². The molecule has 0 aromatic heterocycles. The number of nitrogens with zero attached hydrogens (tertiary/aromatic N) is 2. The van der Waals surface area contributed by atoms with Gasteiger partial charge in [0.15, 0.2) is 0 Å². The van der Waals surface area contributed by atoms with Crippen LogP contribution >= 0.6 is 11.6 Å². The van der Waals surface area contributed by atoms with E-state index in [9.17, 15) is 22.4 Å². The quantitative estimate of drug-likeness (QED) is 0.591. The van der Waals surface area contributed by atoms with Crippen molar-refractivity contribution in [3.8, 4) is 0 Å². The van der Waals surface area contributed by atoms with Gasteiger partial charge in [0.2, 0.25) is 0 Å². The Morgan fingerprint density at radius 3 is 2.40 bits per heavy atom. The number of fused-ring (bicyclic) bond motifs is 1. The van der Waals surface area contributed by atoms with Crippen LogP contribution in [0.2, 0.25) is 5.02 Å². The van der Waals surface area contributed by atoms with E-state index in [4.69, 9.17) is 11.6 Å². The van der Waals surface area contributed by atoms with Crippen LogP contribution in [0.5, 0.6) is 0 Å². The first-order valence-electron chi connectivity index (χ1n) is 9.94. The maximum Gasteiger partial charge on any atom is 0.471 e. The summed E-state index contributed by atoms with van der Waals surface area (Å²) in [7, 11) is 0. The standard InChI is InChI=1S/C22H21ClF4N2O/c23-18-8-5-14-9-12-28(21(30)22(25,26)27)13-10-17(14)20(18)29-11-1-2-19(29)15-3-6-16(24)7-4-15/h3-8,19H,1-2,9-13H2.